The van der Waals surface area contributed by atoms with Gasteiger partial charge >= 0.3 is 0 Å². The van der Waals surface area contributed by atoms with E-state index in [0.717, 1.165) is 71.0 Å². The molecule has 5 aliphatic rings. The highest BCUT2D eigenvalue weighted by atomic mass is 16.6. The molecule has 4 aliphatic carbocycles. The van der Waals surface area contributed by atoms with Gasteiger partial charge in [0.2, 0.25) is 5.96 Å². The molecule has 0 aromatic rings. The van der Waals surface area contributed by atoms with Gasteiger partial charge in [-0.1, -0.05) is 19.9 Å². The van der Waals surface area contributed by atoms with Crippen molar-refractivity contribution in [2.45, 2.75) is 95.9 Å². The Bertz CT molecular complexity index is 906. The molecule has 6 N–H and O–H groups in total. The molecule has 5 fully saturated rings. The number of hydrogen-bond acceptors (Lipinski definition) is 6. The number of aliphatic hydroxyl groups is 2. The number of guanidine groups is 1. The SMILES string of the molecule is C[C@]12CC[C@](O)(OCCN3CCCC3)C[C@H]1CC[C@@H]1[C@@H]2CC[C@]2(C)[C@@H](/C=C/C=N/NC(=N)N)CC[C@]12O. The Kier molecular flexibility index (Phi) is 7.51. The fourth-order valence-corrected chi connectivity index (χ4v) is 9.36. The lowest BCUT2D eigenvalue weighted by Crippen LogP contribution is -2.63. The van der Waals surface area contributed by atoms with Crippen molar-refractivity contribution in [3.63, 3.8) is 0 Å². The summed E-state index contributed by atoms with van der Waals surface area (Å²) >= 11 is 0. The van der Waals surface area contributed by atoms with E-state index < -0.39 is 11.4 Å². The summed E-state index contributed by atoms with van der Waals surface area (Å²) in [5.74, 6) is 0.425. The zero-order chi connectivity index (χ0) is 26.3. The Balaban J connectivity index is 1.23. The van der Waals surface area contributed by atoms with E-state index in [9.17, 15) is 10.2 Å². The Morgan fingerprint density at radius 2 is 1.86 bits per heavy atom. The number of nitrogens with one attached hydrogen (secondary N) is 2. The third-order valence-electron chi connectivity index (χ3n) is 11.6. The lowest BCUT2D eigenvalue weighted by atomic mass is 9.43. The van der Waals surface area contributed by atoms with Crippen LogP contribution in [0.1, 0.15) is 84.5 Å². The van der Waals surface area contributed by atoms with Crippen LogP contribution in [0.4, 0.5) is 0 Å². The number of rotatable bonds is 7. The fraction of sp³-hybridized carbons (Fsp3) is 0.862. The summed E-state index contributed by atoms with van der Waals surface area (Å²) in [7, 11) is 0. The smallest absolute Gasteiger partial charge is 0.206 e. The van der Waals surface area contributed by atoms with Crippen LogP contribution in [0.5, 0.6) is 0 Å². The highest BCUT2D eigenvalue weighted by molar-refractivity contribution is 5.77. The van der Waals surface area contributed by atoms with Crippen molar-refractivity contribution < 1.29 is 14.9 Å². The summed E-state index contributed by atoms with van der Waals surface area (Å²) in [6, 6.07) is 0. The van der Waals surface area contributed by atoms with E-state index in [2.05, 4.69) is 35.4 Å². The number of nitrogens with two attached hydrogens (primary N) is 1. The zero-order valence-corrected chi connectivity index (χ0v) is 22.9. The van der Waals surface area contributed by atoms with E-state index >= 15 is 0 Å². The van der Waals surface area contributed by atoms with Gasteiger partial charge in [-0.15, -0.1) is 0 Å². The molecular formula is C29H49N5O3. The molecule has 1 saturated heterocycles. The number of likely N-dealkylation sites (tertiary alicyclic amines) is 1. The predicted octanol–water partition coefficient (Wildman–Crippen LogP) is 3.59. The summed E-state index contributed by atoms with van der Waals surface area (Å²) in [6.07, 6.45) is 16.9. The average Bonchev–Trinajstić information content (AvgIpc) is 3.46. The first-order valence-corrected chi connectivity index (χ1v) is 14.7. The highest BCUT2D eigenvalue weighted by Gasteiger charge is 2.67. The van der Waals surface area contributed by atoms with E-state index in [0.29, 0.717) is 36.7 Å². The van der Waals surface area contributed by atoms with Gasteiger partial charge in [-0.05, 0) is 106 Å². The Labute approximate surface area is 222 Å². The quantitative estimate of drug-likeness (QED) is 0.153. The van der Waals surface area contributed by atoms with Gasteiger partial charge in [-0.25, -0.2) is 5.43 Å². The van der Waals surface area contributed by atoms with Gasteiger partial charge in [0.25, 0.3) is 0 Å². The summed E-state index contributed by atoms with van der Waals surface area (Å²) < 4.78 is 6.17. The van der Waals surface area contributed by atoms with Crippen LogP contribution in [-0.4, -0.2) is 64.9 Å². The molecule has 8 atom stereocenters. The van der Waals surface area contributed by atoms with Crippen molar-refractivity contribution in [3.8, 4) is 0 Å². The molecule has 37 heavy (non-hydrogen) atoms. The number of allylic oxidation sites excluding steroid dienone is 2. The molecule has 0 aromatic carbocycles. The van der Waals surface area contributed by atoms with Gasteiger partial charge in [0.15, 0.2) is 5.79 Å². The van der Waals surface area contributed by atoms with Crippen LogP contribution in [0.2, 0.25) is 0 Å². The monoisotopic (exact) mass is 515 g/mol. The Morgan fingerprint density at radius 3 is 2.62 bits per heavy atom. The van der Waals surface area contributed by atoms with Crippen molar-refractivity contribution >= 4 is 12.2 Å². The molecule has 8 nitrogen and oxygen atoms in total. The summed E-state index contributed by atoms with van der Waals surface area (Å²) in [4.78, 5) is 2.45. The maximum Gasteiger partial charge on any atom is 0.206 e. The summed E-state index contributed by atoms with van der Waals surface area (Å²) in [6.45, 7) is 8.63. The molecule has 208 valence electrons. The van der Waals surface area contributed by atoms with Crippen LogP contribution in [0, 0.1) is 39.9 Å². The standard InChI is InChI=1S/C29H49N5O3/c1-26-13-14-28(35,37-19-18-34-16-3-4-17-34)20-22(26)7-8-24-23(26)10-11-27(2)21(9-12-29(24,27)36)6-5-15-32-33-25(30)31/h5-6,15,21-24,35-36H,3-4,7-14,16-20H2,1-2H3,(H4,30,31,33)/b6-5+,32-15+/t21-,22+,23-,24+,26-,27+,28-,29-/m0/s1. The maximum atomic E-state index is 12.3. The van der Waals surface area contributed by atoms with Crippen LogP contribution in [0.15, 0.2) is 17.3 Å². The predicted molar refractivity (Wildman–Crippen MR) is 146 cm³/mol. The third kappa shape index (κ3) is 4.88. The third-order valence-corrected chi connectivity index (χ3v) is 11.6. The molecule has 0 aromatic heterocycles. The molecule has 0 bridgehead atoms. The largest absolute Gasteiger partial charge is 0.389 e. The van der Waals surface area contributed by atoms with Crippen molar-refractivity contribution in [2.24, 2.45) is 45.3 Å². The van der Waals surface area contributed by atoms with Gasteiger partial charge in [-0.3, -0.25) is 5.41 Å². The van der Waals surface area contributed by atoms with Crippen molar-refractivity contribution in [1.29, 1.82) is 5.41 Å². The first kappa shape index (κ1) is 27.1. The topological polar surface area (TPSA) is 127 Å². The minimum Gasteiger partial charge on any atom is -0.389 e. The Morgan fingerprint density at radius 1 is 1.08 bits per heavy atom. The lowest BCUT2D eigenvalue weighted by molar-refractivity contribution is -0.270. The second-order valence-corrected chi connectivity index (χ2v) is 13.3. The van der Waals surface area contributed by atoms with E-state index in [-0.39, 0.29) is 16.8 Å². The van der Waals surface area contributed by atoms with Crippen LogP contribution in [0.3, 0.4) is 0 Å². The van der Waals surface area contributed by atoms with Gasteiger partial charge in [-0.2, -0.15) is 5.10 Å². The van der Waals surface area contributed by atoms with Crippen molar-refractivity contribution in [2.75, 3.05) is 26.2 Å². The summed E-state index contributed by atoms with van der Waals surface area (Å²) in [5, 5.41) is 34.9. The van der Waals surface area contributed by atoms with Crippen LogP contribution >= 0.6 is 0 Å². The molecule has 0 amide bonds. The lowest BCUT2D eigenvalue weighted by Gasteiger charge is -2.64. The molecule has 4 saturated carbocycles. The maximum absolute atomic E-state index is 12.3. The van der Waals surface area contributed by atoms with Gasteiger partial charge in [0.05, 0.1) is 12.2 Å². The van der Waals surface area contributed by atoms with E-state index in [4.69, 9.17) is 15.9 Å². The molecule has 5 rings (SSSR count). The van der Waals surface area contributed by atoms with Crippen LogP contribution in [0.25, 0.3) is 0 Å². The van der Waals surface area contributed by atoms with Crippen molar-refractivity contribution in [1.82, 2.24) is 10.3 Å². The second kappa shape index (κ2) is 10.2. The molecule has 1 heterocycles. The van der Waals surface area contributed by atoms with Crippen LogP contribution < -0.4 is 11.2 Å². The zero-order valence-electron chi connectivity index (χ0n) is 22.9. The van der Waals surface area contributed by atoms with Crippen molar-refractivity contribution in [3.05, 3.63) is 12.2 Å². The molecule has 0 radical (unpaired) electrons. The number of hydrazone groups is 1. The van der Waals surface area contributed by atoms with Gasteiger partial charge < -0.3 is 25.6 Å². The van der Waals surface area contributed by atoms with E-state index in [1.54, 1.807) is 6.21 Å². The number of ether oxygens (including phenoxy) is 1. The van der Waals surface area contributed by atoms with Gasteiger partial charge in [0, 0.05) is 31.0 Å². The number of fused-ring (bicyclic) bond motifs is 5. The minimum absolute atomic E-state index is 0.135. The minimum atomic E-state index is -0.987. The summed E-state index contributed by atoms with van der Waals surface area (Å²) in [5.41, 5.74) is 7.10. The first-order chi connectivity index (χ1) is 17.6. The second-order valence-electron chi connectivity index (χ2n) is 13.3. The highest BCUT2D eigenvalue weighted by Crippen LogP contribution is 2.69. The number of nitrogens with zero attached hydrogens (tertiary/aromatic N) is 2. The normalized spacial score (nSPS) is 46.2. The molecule has 0 spiro atoms. The molecule has 0 unspecified atom stereocenters. The average molecular weight is 516 g/mol. The first-order valence-electron chi connectivity index (χ1n) is 14.7. The number of hydrogen-bond donors (Lipinski definition) is 5. The van der Waals surface area contributed by atoms with E-state index in [1.165, 1.54) is 12.8 Å². The molecular weight excluding hydrogens is 466 g/mol. The van der Waals surface area contributed by atoms with Gasteiger partial charge in [0.1, 0.15) is 0 Å². The molecule has 1 aliphatic heterocycles. The molecule has 8 heteroatoms. The fourth-order valence-electron chi connectivity index (χ4n) is 9.36. The van der Waals surface area contributed by atoms with E-state index in [1.807, 2.05) is 6.08 Å². The Hall–Kier alpha value is -1.48. The van der Waals surface area contributed by atoms with Crippen LogP contribution in [-0.2, 0) is 4.74 Å².